The normalized spacial score (nSPS) is 14.7. The van der Waals surface area contributed by atoms with Crippen molar-refractivity contribution in [3.05, 3.63) is 51.8 Å². The average Bonchev–Trinajstić information content (AvgIpc) is 3.49. The van der Waals surface area contributed by atoms with Gasteiger partial charge in [-0.25, -0.2) is 0 Å². The Morgan fingerprint density at radius 2 is 1.90 bits per heavy atom. The highest BCUT2D eigenvalue weighted by atomic mass is 35.5. The first-order valence-corrected chi connectivity index (χ1v) is 10.3. The minimum Gasteiger partial charge on any atom is -0.454 e. The maximum Gasteiger partial charge on any atom is 0.311 e. The molecule has 0 saturated heterocycles. The summed E-state index contributed by atoms with van der Waals surface area (Å²) in [6, 6.07) is 9.98. The fourth-order valence-corrected chi connectivity index (χ4v) is 3.35. The number of ether oxygens (including phenoxy) is 2. The lowest BCUT2D eigenvalue weighted by Crippen LogP contribution is -2.12. The molecule has 2 aromatic rings. The highest BCUT2D eigenvalue weighted by Crippen LogP contribution is 2.34. The van der Waals surface area contributed by atoms with Gasteiger partial charge in [-0.2, -0.15) is 10.4 Å². The summed E-state index contributed by atoms with van der Waals surface area (Å²) in [5, 5.41) is 14.7. The Hall–Kier alpha value is -2.78. The number of carbonyl (C=O) groups is 1. The van der Waals surface area contributed by atoms with E-state index in [1.807, 2.05) is 24.3 Å². The Bertz CT molecular complexity index is 1020. The van der Waals surface area contributed by atoms with E-state index in [4.69, 9.17) is 21.1 Å². The maximum absolute atomic E-state index is 11.9. The molecule has 1 heterocycles. The van der Waals surface area contributed by atoms with Gasteiger partial charge in [0.25, 0.3) is 0 Å². The van der Waals surface area contributed by atoms with Crippen molar-refractivity contribution in [2.45, 2.75) is 46.0 Å². The number of allylic oxidation sites excluding steroid dienone is 1. The molecular weight excluding hydrogens is 402 g/mol. The zero-order valence-corrected chi connectivity index (χ0v) is 18.7. The summed E-state index contributed by atoms with van der Waals surface area (Å²) in [5.41, 5.74) is 3.21. The number of aryl methyl sites for hydroxylation is 2. The SMILES string of the molecule is Cc1nn(C)c(/C(OCOC(=O)C2CC2)=C(\C#N)c2ccc(C(C)(C)C)cc2)c1Cl. The molecule has 0 atom stereocenters. The van der Waals surface area contributed by atoms with Gasteiger partial charge < -0.3 is 9.47 Å². The van der Waals surface area contributed by atoms with E-state index in [2.05, 4.69) is 31.9 Å². The van der Waals surface area contributed by atoms with Crippen LogP contribution in [-0.2, 0) is 26.7 Å². The Morgan fingerprint density at radius 3 is 2.37 bits per heavy atom. The van der Waals surface area contributed by atoms with E-state index in [-0.39, 0.29) is 29.9 Å². The van der Waals surface area contributed by atoms with E-state index >= 15 is 0 Å². The number of benzene rings is 1. The number of halogens is 1. The molecule has 3 rings (SSSR count). The largest absolute Gasteiger partial charge is 0.454 e. The first-order chi connectivity index (χ1) is 14.1. The van der Waals surface area contributed by atoms with Crippen LogP contribution in [0.15, 0.2) is 24.3 Å². The predicted molar refractivity (Wildman–Crippen MR) is 115 cm³/mol. The van der Waals surface area contributed by atoms with Gasteiger partial charge in [0.05, 0.1) is 16.6 Å². The number of aromatic nitrogens is 2. The number of hydrogen-bond acceptors (Lipinski definition) is 5. The Labute approximate surface area is 182 Å². The molecule has 30 heavy (non-hydrogen) atoms. The summed E-state index contributed by atoms with van der Waals surface area (Å²) in [6.45, 7) is 7.87. The van der Waals surface area contributed by atoms with Crippen LogP contribution in [0.5, 0.6) is 0 Å². The third-order valence-corrected chi connectivity index (χ3v) is 5.51. The van der Waals surface area contributed by atoms with Crippen molar-refractivity contribution in [3.63, 3.8) is 0 Å². The Balaban J connectivity index is 2.01. The molecule has 7 heteroatoms. The molecule has 1 aromatic carbocycles. The van der Waals surface area contributed by atoms with Crippen LogP contribution in [0, 0.1) is 24.2 Å². The summed E-state index contributed by atoms with van der Waals surface area (Å²) >= 11 is 6.47. The van der Waals surface area contributed by atoms with Gasteiger partial charge in [-0.05, 0) is 36.3 Å². The van der Waals surface area contributed by atoms with Gasteiger partial charge in [0.1, 0.15) is 17.3 Å². The molecular formula is C23H26ClN3O3. The second-order valence-corrected chi connectivity index (χ2v) is 8.89. The standard InChI is InChI=1S/C23H26ClN3O3/c1-14-19(24)20(27(5)26-14)21(29-13-30-22(28)16-6-7-16)18(12-25)15-8-10-17(11-9-15)23(2,3)4/h8-11,16H,6-7,13H2,1-5H3/b21-18-. The van der Waals surface area contributed by atoms with Crippen LogP contribution in [0.3, 0.4) is 0 Å². The Morgan fingerprint density at radius 1 is 1.27 bits per heavy atom. The second-order valence-electron chi connectivity index (χ2n) is 8.51. The molecule has 0 radical (unpaired) electrons. The number of nitrogens with zero attached hydrogens (tertiary/aromatic N) is 3. The van der Waals surface area contributed by atoms with Crippen molar-refractivity contribution in [2.75, 3.05) is 6.79 Å². The Kier molecular flexibility index (Phi) is 6.23. The van der Waals surface area contributed by atoms with E-state index in [0.29, 0.717) is 27.5 Å². The predicted octanol–water partition coefficient (Wildman–Crippen LogP) is 5.00. The molecule has 0 amide bonds. The molecule has 1 saturated carbocycles. The van der Waals surface area contributed by atoms with E-state index in [9.17, 15) is 10.1 Å². The third-order valence-electron chi connectivity index (χ3n) is 5.06. The topological polar surface area (TPSA) is 77.1 Å². The van der Waals surface area contributed by atoms with Crippen LogP contribution in [0.1, 0.15) is 56.1 Å². The molecule has 0 spiro atoms. The lowest BCUT2D eigenvalue weighted by molar-refractivity contribution is -0.153. The van der Waals surface area contributed by atoms with Gasteiger partial charge in [-0.3, -0.25) is 9.48 Å². The summed E-state index contributed by atoms with van der Waals surface area (Å²) in [5.74, 6) is -0.0867. The molecule has 6 nitrogen and oxygen atoms in total. The van der Waals surface area contributed by atoms with Crippen LogP contribution >= 0.6 is 11.6 Å². The minimum absolute atomic E-state index is 0.00610. The van der Waals surface area contributed by atoms with Crippen LogP contribution in [0.2, 0.25) is 5.02 Å². The van der Waals surface area contributed by atoms with Crippen molar-refractivity contribution in [3.8, 4) is 6.07 Å². The van der Waals surface area contributed by atoms with Crippen molar-refractivity contribution in [2.24, 2.45) is 13.0 Å². The van der Waals surface area contributed by atoms with E-state index < -0.39 is 0 Å². The number of nitriles is 1. The molecule has 0 aliphatic heterocycles. The molecule has 0 bridgehead atoms. The van der Waals surface area contributed by atoms with Crippen molar-refractivity contribution >= 4 is 28.9 Å². The van der Waals surface area contributed by atoms with Gasteiger partial charge in [0.2, 0.25) is 6.79 Å². The lowest BCUT2D eigenvalue weighted by atomic mass is 9.86. The van der Waals surface area contributed by atoms with Gasteiger partial charge in [-0.15, -0.1) is 0 Å². The monoisotopic (exact) mass is 427 g/mol. The molecule has 1 aliphatic rings. The maximum atomic E-state index is 11.9. The van der Waals surface area contributed by atoms with Crippen LogP contribution in [0.25, 0.3) is 11.3 Å². The highest BCUT2D eigenvalue weighted by molar-refractivity contribution is 6.33. The molecule has 158 valence electrons. The minimum atomic E-state index is -0.295. The summed E-state index contributed by atoms with van der Waals surface area (Å²) in [6.07, 6.45) is 1.69. The molecule has 1 fully saturated rings. The van der Waals surface area contributed by atoms with Gasteiger partial charge in [0, 0.05) is 7.05 Å². The van der Waals surface area contributed by atoms with E-state index in [1.165, 1.54) is 0 Å². The van der Waals surface area contributed by atoms with Crippen LogP contribution in [-0.4, -0.2) is 22.5 Å². The number of rotatable bonds is 6. The van der Waals surface area contributed by atoms with Crippen LogP contribution in [0.4, 0.5) is 0 Å². The summed E-state index contributed by atoms with van der Waals surface area (Å²) < 4.78 is 12.6. The summed E-state index contributed by atoms with van der Waals surface area (Å²) in [7, 11) is 1.73. The zero-order chi connectivity index (χ0) is 22.1. The number of hydrogen-bond donors (Lipinski definition) is 0. The van der Waals surface area contributed by atoms with E-state index in [0.717, 1.165) is 18.4 Å². The smallest absolute Gasteiger partial charge is 0.311 e. The summed E-state index contributed by atoms with van der Waals surface area (Å²) in [4.78, 5) is 11.9. The molecule has 1 aromatic heterocycles. The molecule has 0 N–H and O–H groups in total. The third kappa shape index (κ3) is 4.68. The molecule has 0 unspecified atom stereocenters. The van der Waals surface area contributed by atoms with Crippen molar-refractivity contribution in [1.29, 1.82) is 5.26 Å². The first kappa shape index (κ1) is 21.9. The number of carbonyl (C=O) groups excluding carboxylic acids is 1. The zero-order valence-electron chi connectivity index (χ0n) is 18.0. The highest BCUT2D eigenvalue weighted by Gasteiger charge is 2.31. The van der Waals surface area contributed by atoms with Gasteiger partial charge in [0.15, 0.2) is 5.76 Å². The lowest BCUT2D eigenvalue weighted by Gasteiger charge is -2.19. The molecule has 1 aliphatic carbocycles. The number of esters is 1. The second kappa shape index (κ2) is 8.53. The fraction of sp³-hybridized carbons (Fsp3) is 0.435. The van der Waals surface area contributed by atoms with Crippen molar-refractivity contribution < 1.29 is 14.3 Å². The first-order valence-electron chi connectivity index (χ1n) is 9.87. The quantitative estimate of drug-likeness (QED) is 0.280. The van der Waals surface area contributed by atoms with Crippen molar-refractivity contribution in [1.82, 2.24) is 9.78 Å². The van der Waals surface area contributed by atoms with Gasteiger partial charge in [-0.1, -0.05) is 56.6 Å². The van der Waals surface area contributed by atoms with E-state index in [1.54, 1.807) is 18.7 Å². The van der Waals surface area contributed by atoms with Gasteiger partial charge >= 0.3 is 5.97 Å². The average molecular weight is 428 g/mol. The fourth-order valence-electron chi connectivity index (χ4n) is 3.10. The van der Waals surface area contributed by atoms with Crippen LogP contribution < -0.4 is 0 Å².